The van der Waals surface area contributed by atoms with Crippen LogP contribution >= 0.6 is 11.6 Å². The standard InChI is InChI=1S/C18H18ClN3O2S/c19-14-3-5-15(6-4-14)25(23,24)22-10-7-13(8-11-22)16-12-21-17-2-1-9-20-18(16)17/h1-6,9,12-13,21H,7-8,10-11H2. The minimum Gasteiger partial charge on any atom is -0.360 e. The van der Waals surface area contributed by atoms with Crippen molar-refractivity contribution in [1.82, 2.24) is 14.3 Å². The number of piperidine rings is 1. The third-order valence-corrected chi connectivity index (χ3v) is 6.97. The number of nitrogens with one attached hydrogen (secondary N) is 1. The first-order chi connectivity index (χ1) is 12.1. The lowest BCUT2D eigenvalue weighted by Crippen LogP contribution is -2.37. The molecule has 7 heteroatoms. The van der Waals surface area contributed by atoms with Crippen LogP contribution in [0.15, 0.2) is 53.7 Å². The number of hydrogen-bond donors (Lipinski definition) is 1. The van der Waals surface area contributed by atoms with Crippen molar-refractivity contribution in [2.75, 3.05) is 13.1 Å². The lowest BCUT2D eigenvalue weighted by atomic mass is 9.91. The van der Waals surface area contributed by atoms with Crippen molar-refractivity contribution in [2.24, 2.45) is 0 Å². The van der Waals surface area contributed by atoms with E-state index in [0.29, 0.717) is 28.9 Å². The molecule has 0 radical (unpaired) electrons. The van der Waals surface area contributed by atoms with Gasteiger partial charge in [-0.1, -0.05) is 11.6 Å². The first-order valence-corrected chi connectivity index (χ1v) is 10.1. The molecule has 0 amide bonds. The molecule has 0 spiro atoms. The summed E-state index contributed by atoms with van der Waals surface area (Å²) in [6, 6.07) is 10.3. The monoisotopic (exact) mass is 375 g/mol. The Bertz CT molecular complexity index is 991. The summed E-state index contributed by atoms with van der Waals surface area (Å²) in [4.78, 5) is 8.01. The molecule has 2 aromatic heterocycles. The molecule has 130 valence electrons. The van der Waals surface area contributed by atoms with Crippen molar-refractivity contribution in [3.05, 3.63) is 59.4 Å². The highest BCUT2D eigenvalue weighted by Crippen LogP contribution is 2.34. The van der Waals surface area contributed by atoms with Gasteiger partial charge in [-0.3, -0.25) is 4.98 Å². The Morgan fingerprint density at radius 1 is 1.12 bits per heavy atom. The van der Waals surface area contributed by atoms with E-state index in [0.717, 1.165) is 23.9 Å². The van der Waals surface area contributed by atoms with E-state index in [2.05, 4.69) is 9.97 Å². The highest BCUT2D eigenvalue weighted by molar-refractivity contribution is 7.89. The molecule has 3 aromatic rings. The first kappa shape index (κ1) is 16.6. The van der Waals surface area contributed by atoms with Crippen molar-refractivity contribution < 1.29 is 8.42 Å². The van der Waals surface area contributed by atoms with E-state index in [9.17, 15) is 8.42 Å². The second kappa shape index (κ2) is 6.44. The molecule has 5 nitrogen and oxygen atoms in total. The fourth-order valence-corrected chi connectivity index (χ4v) is 5.05. The molecular formula is C18H18ClN3O2S. The van der Waals surface area contributed by atoms with Gasteiger partial charge in [0.25, 0.3) is 0 Å². The van der Waals surface area contributed by atoms with E-state index < -0.39 is 10.0 Å². The fourth-order valence-electron chi connectivity index (χ4n) is 3.45. The molecule has 0 atom stereocenters. The number of halogens is 1. The van der Waals surface area contributed by atoms with Gasteiger partial charge in [0.05, 0.1) is 15.9 Å². The summed E-state index contributed by atoms with van der Waals surface area (Å²) < 4.78 is 27.1. The van der Waals surface area contributed by atoms with Crippen LogP contribution in [-0.4, -0.2) is 35.8 Å². The van der Waals surface area contributed by atoms with E-state index in [4.69, 9.17) is 11.6 Å². The summed E-state index contributed by atoms with van der Waals surface area (Å²) in [5, 5.41) is 0.532. The van der Waals surface area contributed by atoms with Gasteiger partial charge in [0.15, 0.2) is 0 Å². The predicted octanol–water partition coefficient (Wildman–Crippen LogP) is 3.78. The van der Waals surface area contributed by atoms with Crippen molar-refractivity contribution in [1.29, 1.82) is 0 Å². The van der Waals surface area contributed by atoms with Gasteiger partial charge in [0, 0.05) is 30.5 Å². The summed E-state index contributed by atoms with van der Waals surface area (Å²) in [6.45, 7) is 1.02. The highest BCUT2D eigenvalue weighted by atomic mass is 35.5. The third-order valence-electron chi connectivity index (χ3n) is 4.81. The molecule has 1 aromatic carbocycles. The summed E-state index contributed by atoms with van der Waals surface area (Å²) in [7, 11) is -3.46. The number of sulfonamides is 1. The number of hydrogen-bond acceptors (Lipinski definition) is 3. The molecule has 3 heterocycles. The lowest BCUT2D eigenvalue weighted by molar-refractivity contribution is 0.320. The number of benzene rings is 1. The Balaban J connectivity index is 1.52. The van der Waals surface area contributed by atoms with Crippen molar-refractivity contribution in [3.8, 4) is 0 Å². The maximum Gasteiger partial charge on any atom is 0.243 e. The van der Waals surface area contributed by atoms with Gasteiger partial charge in [0.2, 0.25) is 10.0 Å². The second-order valence-electron chi connectivity index (χ2n) is 6.28. The highest BCUT2D eigenvalue weighted by Gasteiger charge is 2.30. The summed E-state index contributed by atoms with van der Waals surface area (Å²) >= 11 is 5.85. The van der Waals surface area contributed by atoms with E-state index >= 15 is 0 Å². The number of pyridine rings is 1. The number of aromatic amines is 1. The summed E-state index contributed by atoms with van der Waals surface area (Å²) in [5.41, 5.74) is 3.19. The van der Waals surface area contributed by atoms with Gasteiger partial charge in [-0.25, -0.2) is 8.42 Å². The van der Waals surface area contributed by atoms with E-state index in [1.165, 1.54) is 5.56 Å². The Hall–Kier alpha value is -1.89. The molecule has 0 aliphatic carbocycles. The molecular weight excluding hydrogens is 358 g/mol. The topological polar surface area (TPSA) is 66.1 Å². The summed E-state index contributed by atoms with van der Waals surface area (Å²) in [5.74, 6) is 0.320. The number of fused-ring (bicyclic) bond motifs is 1. The van der Waals surface area contributed by atoms with Crippen LogP contribution in [0.2, 0.25) is 5.02 Å². The molecule has 1 saturated heterocycles. The Labute approximate surface area is 151 Å². The lowest BCUT2D eigenvalue weighted by Gasteiger charge is -2.31. The van der Waals surface area contributed by atoms with E-state index in [-0.39, 0.29) is 0 Å². The largest absolute Gasteiger partial charge is 0.360 e. The average molecular weight is 376 g/mol. The Kier molecular flexibility index (Phi) is 4.27. The predicted molar refractivity (Wildman–Crippen MR) is 98.3 cm³/mol. The van der Waals surface area contributed by atoms with Crippen LogP contribution in [0.25, 0.3) is 11.0 Å². The second-order valence-corrected chi connectivity index (χ2v) is 8.65. The SMILES string of the molecule is O=S(=O)(c1ccc(Cl)cc1)N1CCC(c2c[nH]c3cccnc23)CC1. The molecule has 4 rings (SSSR count). The van der Waals surface area contributed by atoms with Crippen LogP contribution in [0.4, 0.5) is 0 Å². The number of aromatic nitrogens is 2. The molecule has 1 aliphatic rings. The summed E-state index contributed by atoms with van der Waals surface area (Å²) in [6.07, 6.45) is 5.37. The van der Waals surface area contributed by atoms with Gasteiger partial charge in [-0.05, 0) is 60.7 Å². The van der Waals surface area contributed by atoms with Gasteiger partial charge in [-0.2, -0.15) is 4.31 Å². The minimum atomic E-state index is -3.46. The van der Waals surface area contributed by atoms with Crippen LogP contribution < -0.4 is 0 Å². The molecule has 1 aliphatic heterocycles. The number of nitrogens with zero attached hydrogens (tertiary/aromatic N) is 2. The third kappa shape index (κ3) is 3.05. The molecule has 25 heavy (non-hydrogen) atoms. The van der Waals surface area contributed by atoms with Gasteiger partial charge in [0.1, 0.15) is 0 Å². The number of rotatable bonds is 3. The zero-order chi connectivity index (χ0) is 17.4. The van der Waals surface area contributed by atoms with Crippen molar-refractivity contribution >= 4 is 32.7 Å². The van der Waals surface area contributed by atoms with Crippen molar-refractivity contribution in [3.63, 3.8) is 0 Å². The van der Waals surface area contributed by atoms with Crippen LogP contribution in [0.5, 0.6) is 0 Å². The molecule has 1 N–H and O–H groups in total. The first-order valence-electron chi connectivity index (χ1n) is 8.23. The minimum absolute atomic E-state index is 0.295. The maximum atomic E-state index is 12.8. The fraction of sp³-hybridized carbons (Fsp3) is 0.278. The smallest absolute Gasteiger partial charge is 0.243 e. The van der Waals surface area contributed by atoms with Gasteiger partial charge < -0.3 is 4.98 Å². The zero-order valence-electron chi connectivity index (χ0n) is 13.5. The number of H-pyrrole nitrogens is 1. The molecule has 1 fully saturated rings. The zero-order valence-corrected chi connectivity index (χ0v) is 15.1. The maximum absolute atomic E-state index is 12.8. The Morgan fingerprint density at radius 2 is 1.84 bits per heavy atom. The van der Waals surface area contributed by atoms with Crippen LogP contribution in [0.3, 0.4) is 0 Å². The van der Waals surface area contributed by atoms with E-state index in [1.54, 1.807) is 34.8 Å². The van der Waals surface area contributed by atoms with E-state index in [1.807, 2.05) is 18.3 Å². The molecule has 0 unspecified atom stereocenters. The molecule has 0 bridgehead atoms. The van der Waals surface area contributed by atoms with Gasteiger partial charge in [-0.15, -0.1) is 0 Å². The van der Waals surface area contributed by atoms with Gasteiger partial charge >= 0.3 is 0 Å². The van der Waals surface area contributed by atoms with Crippen LogP contribution in [-0.2, 0) is 10.0 Å². The van der Waals surface area contributed by atoms with Crippen molar-refractivity contribution in [2.45, 2.75) is 23.7 Å². The quantitative estimate of drug-likeness (QED) is 0.757. The average Bonchev–Trinajstić information content (AvgIpc) is 3.06. The Morgan fingerprint density at radius 3 is 2.56 bits per heavy atom. The normalized spacial score (nSPS) is 17.2. The molecule has 0 saturated carbocycles. The van der Waals surface area contributed by atoms with Crippen LogP contribution in [0, 0.1) is 0 Å². The van der Waals surface area contributed by atoms with Crippen LogP contribution in [0.1, 0.15) is 24.3 Å².